The lowest BCUT2D eigenvalue weighted by atomic mass is 10.2. The largest absolute Gasteiger partial charge is 0.378 e. The van der Waals surface area contributed by atoms with Crippen molar-refractivity contribution < 1.29 is 17.9 Å². The summed E-state index contributed by atoms with van der Waals surface area (Å²) >= 11 is 0. The van der Waals surface area contributed by atoms with E-state index >= 15 is 0 Å². The summed E-state index contributed by atoms with van der Waals surface area (Å²) in [5.41, 5.74) is 1.61. The number of hydrogen-bond acceptors (Lipinski definition) is 6. The van der Waals surface area contributed by atoms with Crippen LogP contribution >= 0.6 is 0 Å². The molecule has 1 amide bonds. The summed E-state index contributed by atoms with van der Waals surface area (Å²) in [4.78, 5) is 19.4. The molecule has 0 spiro atoms. The predicted molar refractivity (Wildman–Crippen MR) is 122 cm³/mol. The van der Waals surface area contributed by atoms with Crippen molar-refractivity contribution in [2.45, 2.75) is 11.4 Å². The number of morpholine rings is 1. The molecule has 2 heterocycles. The van der Waals surface area contributed by atoms with Gasteiger partial charge in [-0.3, -0.25) is 9.52 Å². The molecule has 0 saturated carbocycles. The van der Waals surface area contributed by atoms with Crippen molar-refractivity contribution in [2.75, 3.05) is 35.9 Å². The van der Waals surface area contributed by atoms with Crippen molar-refractivity contribution in [3.05, 3.63) is 84.1 Å². The van der Waals surface area contributed by atoms with Gasteiger partial charge in [-0.1, -0.05) is 24.3 Å². The maximum absolute atomic E-state index is 12.7. The lowest BCUT2D eigenvalue weighted by Crippen LogP contribution is -2.36. The first-order valence-electron chi connectivity index (χ1n) is 10.2. The number of carbonyl (C=O) groups excluding carboxylic acids is 1. The van der Waals surface area contributed by atoms with E-state index in [0.29, 0.717) is 31.0 Å². The molecule has 2 aromatic carbocycles. The van der Waals surface area contributed by atoms with E-state index in [-0.39, 0.29) is 10.8 Å². The summed E-state index contributed by atoms with van der Waals surface area (Å²) in [6, 6.07) is 18.3. The highest BCUT2D eigenvalue weighted by atomic mass is 32.2. The fraction of sp³-hybridized carbons (Fsp3) is 0.217. The molecule has 4 rings (SSSR count). The number of carbonyl (C=O) groups is 1. The van der Waals surface area contributed by atoms with Crippen molar-refractivity contribution >= 4 is 27.4 Å². The molecule has 8 nitrogen and oxygen atoms in total. The molecule has 9 heteroatoms. The van der Waals surface area contributed by atoms with Gasteiger partial charge in [0.2, 0.25) is 0 Å². The molecule has 0 radical (unpaired) electrons. The van der Waals surface area contributed by atoms with Crippen LogP contribution < -0.4 is 14.9 Å². The van der Waals surface area contributed by atoms with E-state index in [0.717, 1.165) is 24.5 Å². The number of sulfonamides is 1. The molecule has 1 aliphatic rings. The lowest BCUT2D eigenvalue weighted by Gasteiger charge is -2.28. The minimum Gasteiger partial charge on any atom is -0.378 e. The predicted octanol–water partition coefficient (Wildman–Crippen LogP) is 2.65. The Kier molecular flexibility index (Phi) is 6.67. The molecule has 1 aliphatic heterocycles. The zero-order valence-corrected chi connectivity index (χ0v) is 18.2. The number of rotatable bonds is 7. The number of pyridine rings is 1. The van der Waals surface area contributed by atoms with Crippen molar-refractivity contribution in [3.8, 4) is 0 Å². The van der Waals surface area contributed by atoms with Gasteiger partial charge in [0.1, 0.15) is 5.82 Å². The summed E-state index contributed by atoms with van der Waals surface area (Å²) in [5, 5.41) is 2.88. The van der Waals surface area contributed by atoms with E-state index in [1.54, 1.807) is 42.6 Å². The Hall–Kier alpha value is -3.43. The second-order valence-corrected chi connectivity index (χ2v) is 8.99. The molecule has 32 heavy (non-hydrogen) atoms. The van der Waals surface area contributed by atoms with Crippen LogP contribution in [0.25, 0.3) is 0 Å². The standard InChI is InChI=1S/C23H24N4O4S/c28-23(25-17-18-9-10-24-22(15-18)27-11-13-31-14-12-27)19-5-4-6-20(16-19)26-32(29,30)21-7-2-1-3-8-21/h1-10,15-16,26H,11-14,17H2,(H,25,28). The number of amides is 1. The van der Waals surface area contributed by atoms with Crippen LogP contribution in [0.3, 0.4) is 0 Å². The molecular weight excluding hydrogens is 428 g/mol. The van der Waals surface area contributed by atoms with Gasteiger partial charge in [0.15, 0.2) is 0 Å². The Bertz CT molecular complexity index is 1180. The van der Waals surface area contributed by atoms with Crippen LogP contribution in [0.4, 0.5) is 11.5 Å². The summed E-state index contributed by atoms with van der Waals surface area (Å²) in [5.74, 6) is 0.563. The van der Waals surface area contributed by atoms with Gasteiger partial charge < -0.3 is 15.0 Å². The van der Waals surface area contributed by atoms with Gasteiger partial charge in [0.05, 0.1) is 18.1 Å². The zero-order valence-electron chi connectivity index (χ0n) is 17.4. The number of benzene rings is 2. The quantitative estimate of drug-likeness (QED) is 0.572. The lowest BCUT2D eigenvalue weighted by molar-refractivity contribution is 0.0951. The Morgan fingerprint density at radius 1 is 1.00 bits per heavy atom. The number of ether oxygens (including phenoxy) is 1. The molecule has 1 saturated heterocycles. The molecule has 0 atom stereocenters. The third-order valence-corrected chi connectivity index (χ3v) is 6.43. The molecule has 3 aromatic rings. The number of nitrogens with zero attached hydrogens (tertiary/aromatic N) is 2. The molecule has 1 aromatic heterocycles. The second-order valence-electron chi connectivity index (χ2n) is 7.30. The molecule has 0 bridgehead atoms. The fourth-order valence-electron chi connectivity index (χ4n) is 3.36. The van der Waals surface area contributed by atoms with E-state index in [4.69, 9.17) is 4.74 Å². The van der Waals surface area contributed by atoms with Crippen molar-refractivity contribution in [3.63, 3.8) is 0 Å². The minimum atomic E-state index is -3.73. The van der Waals surface area contributed by atoms with E-state index in [2.05, 4.69) is 19.9 Å². The first kappa shape index (κ1) is 21.8. The molecular formula is C23H24N4O4S. The summed E-state index contributed by atoms with van der Waals surface area (Å²) < 4.78 is 32.9. The smallest absolute Gasteiger partial charge is 0.261 e. The first-order valence-corrected chi connectivity index (χ1v) is 11.7. The zero-order chi connectivity index (χ0) is 22.4. The van der Waals surface area contributed by atoms with Gasteiger partial charge >= 0.3 is 0 Å². The SMILES string of the molecule is O=C(NCc1ccnc(N2CCOCC2)c1)c1cccc(NS(=O)(=O)c2ccccc2)c1. The highest BCUT2D eigenvalue weighted by Crippen LogP contribution is 2.18. The van der Waals surface area contributed by atoms with Crippen molar-refractivity contribution in [2.24, 2.45) is 0 Å². The second kappa shape index (κ2) is 9.80. The number of anilines is 2. The van der Waals surface area contributed by atoms with Crippen LogP contribution in [0.2, 0.25) is 0 Å². The van der Waals surface area contributed by atoms with E-state index in [1.165, 1.54) is 18.2 Å². The monoisotopic (exact) mass is 452 g/mol. The third-order valence-electron chi connectivity index (χ3n) is 5.03. The van der Waals surface area contributed by atoms with Gasteiger partial charge in [-0.25, -0.2) is 13.4 Å². The van der Waals surface area contributed by atoms with E-state index in [1.807, 2.05) is 12.1 Å². The van der Waals surface area contributed by atoms with Gasteiger partial charge in [0.25, 0.3) is 15.9 Å². The van der Waals surface area contributed by atoms with Gasteiger partial charge in [-0.15, -0.1) is 0 Å². The van der Waals surface area contributed by atoms with Crippen LogP contribution in [0.1, 0.15) is 15.9 Å². The maximum atomic E-state index is 12.7. The number of hydrogen-bond donors (Lipinski definition) is 2. The maximum Gasteiger partial charge on any atom is 0.261 e. The molecule has 166 valence electrons. The van der Waals surface area contributed by atoms with Crippen LogP contribution in [-0.4, -0.2) is 45.6 Å². The fourth-order valence-corrected chi connectivity index (χ4v) is 4.43. The summed E-state index contributed by atoms with van der Waals surface area (Å²) in [6.45, 7) is 3.25. The van der Waals surface area contributed by atoms with Crippen molar-refractivity contribution in [1.82, 2.24) is 10.3 Å². The van der Waals surface area contributed by atoms with Crippen molar-refractivity contribution in [1.29, 1.82) is 0 Å². The van der Waals surface area contributed by atoms with Crippen LogP contribution in [0, 0.1) is 0 Å². The molecule has 0 unspecified atom stereocenters. The van der Waals surface area contributed by atoms with Crippen LogP contribution in [0.5, 0.6) is 0 Å². The summed E-state index contributed by atoms with van der Waals surface area (Å²) in [7, 11) is -3.73. The summed E-state index contributed by atoms with van der Waals surface area (Å²) in [6.07, 6.45) is 1.73. The number of aromatic nitrogens is 1. The third kappa shape index (κ3) is 5.43. The van der Waals surface area contributed by atoms with Gasteiger partial charge in [-0.05, 0) is 48.0 Å². The Labute approximate surface area is 187 Å². The van der Waals surface area contributed by atoms with E-state index in [9.17, 15) is 13.2 Å². The van der Waals surface area contributed by atoms with Gasteiger partial charge in [0, 0.05) is 37.1 Å². The molecule has 1 fully saturated rings. The normalized spacial score (nSPS) is 14.1. The van der Waals surface area contributed by atoms with E-state index < -0.39 is 10.0 Å². The Morgan fingerprint density at radius 2 is 1.78 bits per heavy atom. The number of nitrogens with one attached hydrogen (secondary N) is 2. The topological polar surface area (TPSA) is 101 Å². The molecule has 0 aliphatic carbocycles. The average Bonchev–Trinajstić information content (AvgIpc) is 2.84. The Balaban J connectivity index is 1.40. The highest BCUT2D eigenvalue weighted by Gasteiger charge is 2.15. The van der Waals surface area contributed by atoms with Crippen LogP contribution in [-0.2, 0) is 21.3 Å². The highest BCUT2D eigenvalue weighted by molar-refractivity contribution is 7.92. The Morgan fingerprint density at radius 3 is 2.56 bits per heavy atom. The van der Waals surface area contributed by atoms with Gasteiger partial charge in [-0.2, -0.15) is 0 Å². The average molecular weight is 453 g/mol. The van der Waals surface area contributed by atoms with Crippen LogP contribution in [0.15, 0.2) is 77.8 Å². The molecule has 2 N–H and O–H groups in total. The first-order chi connectivity index (χ1) is 15.5. The minimum absolute atomic E-state index is 0.156.